The van der Waals surface area contributed by atoms with Crippen LogP contribution in [0.3, 0.4) is 0 Å². The second-order valence-electron chi connectivity index (χ2n) is 12.0. The maximum atomic E-state index is 13.1. The molecule has 0 bridgehead atoms. The van der Waals surface area contributed by atoms with E-state index in [0.717, 1.165) is 41.1 Å². The molecule has 2 aromatic rings. The van der Waals surface area contributed by atoms with Crippen molar-refractivity contribution >= 4 is 17.3 Å². The van der Waals surface area contributed by atoms with Crippen LogP contribution in [0.1, 0.15) is 50.7 Å². The van der Waals surface area contributed by atoms with E-state index in [-0.39, 0.29) is 12.0 Å². The topological polar surface area (TPSA) is 48.5 Å². The Morgan fingerprint density at radius 2 is 1.62 bits per heavy atom. The molecule has 0 unspecified atom stereocenters. The summed E-state index contributed by atoms with van der Waals surface area (Å²) in [7, 11) is 6.08. The van der Waals surface area contributed by atoms with Gasteiger partial charge in [0.1, 0.15) is 0 Å². The summed E-state index contributed by atoms with van der Waals surface area (Å²) in [6.45, 7) is 10.5. The van der Waals surface area contributed by atoms with E-state index in [1.54, 1.807) is 7.11 Å². The number of hydrogen-bond donors (Lipinski definition) is 0. The van der Waals surface area contributed by atoms with Gasteiger partial charge in [-0.25, -0.2) is 0 Å². The van der Waals surface area contributed by atoms with E-state index in [2.05, 4.69) is 53.1 Å². The average Bonchev–Trinajstić information content (AvgIpc) is 2.93. The quantitative estimate of drug-likeness (QED) is 0.484. The normalized spacial score (nSPS) is 22.6. The van der Waals surface area contributed by atoms with Gasteiger partial charge in [0.2, 0.25) is 5.91 Å². The van der Waals surface area contributed by atoms with Crippen LogP contribution in [-0.2, 0) is 17.8 Å². The van der Waals surface area contributed by atoms with Gasteiger partial charge >= 0.3 is 0 Å². The lowest BCUT2D eigenvalue weighted by Gasteiger charge is -2.41. The average molecular weight is 535 g/mol. The molecule has 0 N–H and O–H groups in total. The van der Waals surface area contributed by atoms with E-state index in [9.17, 15) is 4.79 Å². The van der Waals surface area contributed by atoms with Gasteiger partial charge in [-0.3, -0.25) is 9.69 Å². The monoisotopic (exact) mass is 534 g/mol. The fourth-order valence-electron chi connectivity index (χ4n) is 6.47. The molecule has 5 rings (SSSR count). The summed E-state index contributed by atoms with van der Waals surface area (Å²) in [5.74, 6) is 2.28. The van der Waals surface area contributed by atoms with Gasteiger partial charge in [-0.05, 0) is 100 Å². The maximum absolute atomic E-state index is 13.1. The van der Waals surface area contributed by atoms with Gasteiger partial charge in [0.05, 0.1) is 26.2 Å². The highest BCUT2D eigenvalue weighted by molar-refractivity contribution is 5.96. The van der Waals surface area contributed by atoms with Crippen LogP contribution in [0.5, 0.6) is 11.5 Å². The number of rotatable bonds is 8. The molecule has 2 aliphatic heterocycles. The Morgan fingerprint density at radius 1 is 0.949 bits per heavy atom. The SMILES string of the molecule is COc1cc2c(cc1OC(C)C)CN(c1ccc(N(C)CC3CCC(N4CCN(C)CC4)CC3)cc1)C(=O)C2. The van der Waals surface area contributed by atoms with Crippen LogP contribution >= 0.6 is 0 Å². The van der Waals surface area contributed by atoms with E-state index in [0.29, 0.717) is 18.7 Å². The van der Waals surface area contributed by atoms with Gasteiger partial charge in [-0.15, -0.1) is 0 Å². The summed E-state index contributed by atoms with van der Waals surface area (Å²) in [6, 6.07) is 13.3. The van der Waals surface area contributed by atoms with Crippen LogP contribution in [0.15, 0.2) is 36.4 Å². The Labute approximate surface area is 234 Å². The summed E-state index contributed by atoms with van der Waals surface area (Å²) >= 11 is 0. The zero-order valence-electron chi connectivity index (χ0n) is 24.5. The first-order chi connectivity index (χ1) is 18.8. The van der Waals surface area contributed by atoms with E-state index >= 15 is 0 Å². The smallest absolute Gasteiger partial charge is 0.231 e. The zero-order chi connectivity index (χ0) is 27.5. The van der Waals surface area contributed by atoms with Gasteiger partial charge in [-0.1, -0.05) is 0 Å². The molecule has 212 valence electrons. The summed E-state index contributed by atoms with van der Waals surface area (Å²) in [5, 5.41) is 0. The van der Waals surface area contributed by atoms with Crippen molar-refractivity contribution < 1.29 is 14.3 Å². The third kappa shape index (κ3) is 6.52. The third-order valence-electron chi connectivity index (χ3n) is 8.82. The van der Waals surface area contributed by atoms with Crippen LogP contribution in [0.2, 0.25) is 0 Å². The maximum Gasteiger partial charge on any atom is 0.231 e. The Balaban J connectivity index is 1.18. The molecule has 1 amide bonds. The number of nitrogens with zero attached hydrogens (tertiary/aromatic N) is 4. The van der Waals surface area contributed by atoms with Crippen molar-refractivity contribution in [3.8, 4) is 11.5 Å². The minimum absolute atomic E-state index is 0.0507. The number of anilines is 2. The Morgan fingerprint density at radius 3 is 2.26 bits per heavy atom. The molecule has 39 heavy (non-hydrogen) atoms. The second kappa shape index (κ2) is 12.2. The molecule has 0 atom stereocenters. The fraction of sp³-hybridized carbons (Fsp3) is 0.594. The molecule has 7 nitrogen and oxygen atoms in total. The van der Waals surface area contributed by atoms with Crippen LogP contribution in [0, 0.1) is 5.92 Å². The first-order valence-corrected chi connectivity index (χ1v) is 14.7. The molecular weight excluding hydrogens is 488 g/mol. The number of methoxy groups -OCH3 is 1. The lowest BCUT2D eigenvalue weighted by Crippen LogP contribution is -2.50. The van der Waals surface area contributed by atoms with Crippen molar-refractivity contribution in [2.75, 3.05) is 63.7 Å². The minimum atomic E-state index is 0.0507. The van der Waals surface area contributed by atoms with Crippen LogP contribution in [0.25, 0.3) is 0 Å². The number of fused-ring (bicyclic) bond motifs is 1. The van der Waals surface area contributed by atoms with E-state index in [1.165, 1.54) is 57.5 Å². The van der Waals surface area contributed by atoms with E-state index in [4.69, 9.17) is 9.47 Å². The number of ether oxygens (including phenoxy) is 2. The Bertz CT molecular complexity index is 1120. The van der Waals surface area contributed by atoms with Gasteiger partial charge in [0.25, 0.3) is 0 Å². The fourth-order valence-corrected chi connectivity index (χ4v) is 6.47. The van der Waals surface area contributed by atoms with Crippen LogP contribution < -0.4 is 19.3 Å². The molecule has 7 heteroatoms. The van der Waals surface area contributed by atoms with Crippen molar-refractivity contribution in [2.24, 2.45) is 5.92 Å². The number of amides is 1. The molecular formula is C32H46N4O3. The Hall–Kier alpha value is -2.77. The van der Waals surface area contributed by atoms with Crippen molar-refractivity contribution in [3.05, 3.63) is 47.5 Å². The molecule has 0 radical (unpaired) electrons. The molecule has 2 aromatic carbocycles. The number of piperazine rings is 1. The van der Waals surface area contributed by atoms with Gasteiger partial charge < -0.3 is 24.2 Å². The van der Waals surface area contributed by atoms with Gasteiger partial charge in [0, 0.05) is 57.2 Å². The first-order valence-electron chi connectivity index (χ1n) is 14.7. The van der Waals surface area contributed by atoms with Crippen molar-refractivity contribution in [1.29, 1.82) is 0 Å². The number of carbonyl (C=O) groups is 1. The molecule has 3 aliphatic rings. The first kappa shape index (κ1) is 27.8. The summed E-state index contributed by atoms with van der Waals surface area (Å²) in [6.07, 6.45) is 5.70. The predicted molar refractivity (Wildman–Crippen MR) is 158 cm³/mol. The standard InChI is InChI=1S/C32H46N4O3/c1-23(2)39-31-19-26-22-36(32(37)20-25(26)18-30(31)38-5)29-12-10-27(11-13-29)34(4)21-24-6-8-28(9-7-24)35-16-14-33(3)15-17-35/h10-13,18-19,23-24,28H,6-9,14-17,20-22H2,1-5H3. The highest BCUT2D eigenvalue weighted by Crippen LogP contribution is 2.36. The van der Waals surface area contributed by atoms with Crippen molar-refractivity contribution in [2.45, 2.75) is 64.6 Å². The number of hydrogen-bond acceptors (Lipinski definition) is 6. The van der Waals surface area contributed by atoms with Crippen LogP contribution in [-0.4, -0.2) is 81.8 Å². The molecule has 0 spiro atoms. The van der Waals surface area contributed by atoms with Crippen LogP contribution in [0.4, 0.5) is 11.4 Å². The zero-order valence-corrected chi connectivity index (χ0v) is 24.5. The molecule has 1 saturated carbocycles. The number of likely N-dealkylation sites (N-methyl/N-ethyl adjacent to an activating group) is 1. The summed E-state index contributed by atoms with van der Waals surface area (Å²) in [4.78, 5) is 22.5. The highest BCUT2D eigenvalue weighted by Gasteiger charge is 2.29. The molecule has 1 saturated heterocycles. The van der Waals surface area contributed by atoms with E-state index < -0.39 is 0 Å². The summed E-state index contributed by atoms with van der Waals surface area (Å²) in [5.41, 5.74) is 4.28. The largest absolute Gasteiger partial charge is 0.493 e. The Kier molecular flexibility index (Phi) is 8.67. The lowest BCUT2D eigenvalue weighted by atomic mass is 9.84. The van der Waals surface area contributed by atoms with Crippen molar-refractivity contribution in [3.63, 3.8) is 0 Å². The number of carbonyl (C=O) groups excluding carboxylic acids is 1. The molecule has 2 heterocycles. The molecule has 1 aliphatic carbocycles. The summed E-state index contributed by atoms with van der Waals surface area (Å²) < 4.78 is 11.5. The number of benzene rings is 2. The molecule has 0 aromatic heterocycles. The van der Waals surface area contributed by atoms with E-state index in [1.807, 2.05) is 30.9 Å². The van der Waals surface area contributed by atoms with Crippen molar-refractivity contribution in [1.82, 2.24) is 9.80 Å². The highest BCUT2D eigenvalue weighted by atomic mass is 16.5. The van der Waals surface area contributed by atoms with Gasteiger partial charge in [-0.2, -0.15) is 0 Å². The second-order valence-corrected chi connectivity index (χ2v) is 12.0. The van der Waals surface area contributed by atoms with Gasteiger partial charge in [0.15, 0.2) is 11.5 Å². The third-order valence-corrected chi connectivity index (χ3v) is 8.82. The molecule has 2 fully saturated rings. The predicted octanol–water partition coefficient (Wildman–Crippen LogP) is 4.81. The lowest BCUT2D eigenvalue weighted by molar-refractivity contribution is -0.118. The minimum Gasteiger partial charge on any atom is -0.493 e.